The Labute approximate surface area is 175 Å². The molecule has 0 bridgehead atoms. The van der Waals surface area contributed by atoms with E-state index in [2.05, 4.69) is 10.1 Å². The predicted octanol–water partition coefficient (Wildman–Crippen LogP) is 1.57. The summed E-state index contributed by atoms with van der Waals surface area (Å²) in [6, 6.07) is 10.9. The minimum atomic E-state index is -3.73. The van der Waals surface area contributed by atoms with E-state index < -0.39 is 28.4 Å². The average Bonchev–Trinajstić information content (AvgIpc) is 2.74. The predicted molar refractivity (Wildman–Crippen MR) is 111 cm³/mol. The summed E-state index contributed by atoms with van der Waals surface area (Å²) in [6.45, 7) is -0.234. The van der Waals surface area contributed by atoms with E-state index in [1.807, 2.05) is 0 Å². The number of benzene rings is 2. The summed E-state index contributed by atoms with van der Waals surface area (Å²) in [5.41, 5.74) is 1.29. The number of hydrogen-bond acceptors (Lipinski definition) is 7. The van der Waals surface area contributed by atoms with Crippen molar-refractivity contribution in [3.8, 4) is 11.5 Å². The molecule has 0 aliphatic carbocycles. The van der Waals surface area contributed by atoms with Crippen molar-refractivity contribution < 1.29 is 32.2 Å². The third kappa shape index (κ3) is 5.86. The van der Waals surface area contributed by atoms with Crippen LogP contribution in [0.3, 0.4) is 0 Å². The average molecular weight is 436 g/mol. The van der Waals surface area contributed by atoms with E-state index in [-0.39, 0.29) is 17.8 Å². The van der Waals surface area contributed by atoms with Crippen LogP contribution in [0.2, 0.25) is 0 Å². The Balaban J connectivity index is 2.10. The van der Waals surface area contributed by atoms with Gasteiger partial charge in [-0.05, 0) is 42.0 Å². The molecule has 1 N–H and O–H groups in total. The van der Waals surface area contributed by atoms with Crippen LogP contribution in [0, 0.1) is 0 Å². The molecule has 2 aromatic rings. The molecule has 9 nitrogen and oxygen atoms in total. The maximum atomic E-state index is 12.4. The first-order valence-electron chi connectivity index (χ1n) is 8.83. The highest BCUT2D eigenvalue weighted by atomic mass is 32.2. The summed E-state index contributed by atoms with van der Waals surface area (Å²) in [5, 5.41) is 2.68. The number of methoxy groups -OCH3 is 3. The zero-order chi connectivity index (χ0) is 22.3. The zero-order valence-corrected chi connectivity index (χ0v) is 18.0. The Morgan fingerprint density at radius 1 is 0.967 bits per heavy atom. The topological polar surface area (TPSA) is 111 Å². The molecule has 2 rings (SSSR count). The number of sulfonamides is 1. The van der Waals surface area contributed by atoms with E-state index >= 15 is 0 Å². The van der Waals surface area contributed by atoms with Crippen LogP contribution in [0.15, 0.2) is 42.5 Å². The first-order chi connectivity index (χ1) is 14.2. The minimum absolute atomic E-state index is 0.179. The lowest BCUT2D eigenvalue weighted by Crippen LogP contribution is -2.40. The van der Waals surface area contributed by atoms with Crippen molar-refractivity contribution in [2.24, 2.45) is 0 Å². The van der Waals surface area contributed by atoms with Crippen molar-refractivity contribution in [1.82, 2.24) is 5.32 Å². The van der Waals surface area contributed by atoms with E-state index in [1.54, 1.807) is 18.2 Å². The summed E-state index contributed by atoms with van der Waals surface area (Å²) in [5.74, 6) is 0.0475. The van der Waals surface area contributed by atoms with E-state index in [1.165, 1.54) is 45.6 Å². The quantitative estimate of drug-likeness (QED) is 0.594. The highest BCUT2D eigenvalue weighted by Gasteiger charge is 2.21. The van der Waals surface area contributed by atoms with Crippen molar-refractivity contribution in [2.75, 3.05) is 38.4 Å². The molecular formula is C20H24N2O7S. The van der Waals surface area contributed by atoms with Crippen LogP contribution < -0.4 is 19.1 Å². The molecular weight excluding hydrogens is 412 g/mol. The van der Waals surface area contributed by atoms with Gasteiger partial charge in [0.25, 0.3) is 0 Å². The molecule has 0 fully saturated rings. The molecule has 162 valence electrons. The Kier molecular flexibility index (Phi) is 7.65. The first-order valence-corrected chi connectivity index (χ1v) is 10.7. The van der Waals surface area contributed by atoms with E-state index in [9.17, 15) is 18.0 Å². The number of esters is 1. The lowest BCUT2D eigenvalue weighted by Gasteiger charge is -2.22. The summed E-state index contributed by atoms with van der Waals surface area (Å²) < 4.78 is 40.4. The van der Waals surface area contributed by atoms with Gasteiger partial charge in [0.05, 0.1) is 38.8 Å². The number of hydrogen-bond donors (Lipinski definition) is 1. The van der Waals surface area contributed by atoms with E-state index in [0.717, 1.165) is 16.1 Å². The molecule has 2 aromatic carbocycles. The van der Waals surface area contributed by atoms with Crippen LogP contribution in [-0.2, 0) is 26.1 Å². The summed E-state index contributed by atoms with van der Waals surface area (Å²) in [6.07, 6.45) is 1.00. The normalized spacial score (nSPS) is 10.8. The Hall–Kier alpha value is -3.27. The lowest BCUT2D eigenvalue weighted by atomic mass is 10.2. The van der Waals surface area contributed by atoms with Crippen molar-refractivity contribution in [2.45, 2.75) is 6.54 Å². The largest absolute Gasteiger partial charge is 0.493 e. The van der Waals surface area contributed by atoms with Gasteiger partial charge in [-0.3, -0.25) is 9.10 Å². The van der Waals surface area contributed by atoms with Crippen molar-refractivity contribution >= 4 is 27.6 Å². The van der Waals surface area contributed by atoms with Gasteiger partial charge in [0.2, 0.25) is 15.9 Å². The van der Waals surface area contributed by atoms with Gasteiger partial charge in [-0.2, -0.15) is 0 Å². The van der Waals surface area contributed by atoms with Gasteiger partial charge < -0.3 is 19.5 Å². The summed E-state index contributed by atoms with van der Waals surface area (Å²) in [4.78, 5) is 23.9. The second-order valence-corrected chi connectivity index (χ2v) is 8.18. The third-order valence-electron chi connectivity index (χ3n) is 4.20. The number of amides is 1. The molecule has 0 aromatic heterocycles. The van der Waals surface area contributed by atoms with Crippen LogP contribution in [0.4, 0.5) is 5.69 Å². The number of anilines is 1. The van der Waals surface area contributed by atoms with Crippen LogP contribution in [0.25, 0.3) is 0 Å². The molecule has 30 heavy (non-hydrogen) atoms. The monoisotopic (exact) mass is 436 g/mol. The Morgan fingerprint density at radius 2 is 1.60 bits per heavy atom. The van der Waals surface area contributed by atoms with Crippen LogP contribution in [0.5, 0.6) is 11.5 Å². The number of carbonyl (C=O) groups is 2. The second-order valence-electron chi connectivity index (χ2n) is 6.27. The molecule has 0 aliphatic rings. The molecule has 0 spiro atoms. The highest BCUT2D eigenvalue weighted by Crippen LogP contribution is 2.27. The van der Waals surface area contributed by atoms with Crippen molar-refractivity contribution in [1.29, 1.82) is 0 Å². The molecule has 0 unspecified atom stereocenters. The fraction of sp³-hybridized carbons (Fsp3) is 0.300. The number of nitrogens with one attached hydrogen (secondary N) is 1. The van der Waals surface area contributed by atoms with Gasteiger partial charge in [-0.15, -0.1) is 0 Å². The molecule has 0 saturated carbocycles. The smallest absolute Gasteiger partial charge is 0.337 e. The van der Waals surface area contributed by atoms with E-state index in [4.69, 9.17) is 9.47 Å². The molecule has 0 heterocycles. The van der Waals surface area contributed by atoms with Gasteiger partial charge in [0.15, 0.2) is 11.5 Å². The first kappa shape index (κ1) is 23.0. The van der Waals surface area contributed by atoms with Gasteiger partial charge in [0.1, 0.15) is 6.54 Å². The molecule has 1 amide bonds. The summed E-state index contributed by atoms with van der Waals surface area (Å²) >= 11 is 0. The number of ether oxygens (including phenoxy) is 3. The number of nitrogens with zero attached hydrogens (tertiary/aromatic N) is 1. The van der Waals surface area contributed by atoms with Gasteiger partial charge in [-0.1, -0.05) is 6.07 Å². The van der Waals surface area contributed by atoms with Crippen LogP contribution in [0.1, 0.15) is 15.9 Å². The van der Waals surface area contributed by atoms with Gasteiger partial charge in [-0.25, -0.2) is 13.2 Å². The third-order valence-corrected chi connectivity index (χ3v) is 5.34. The molecule has 0 atom stereocenters. The number of rotatable bonds is 9. The maximum Gasteiger partial charge on any atom is 0.337 e. The number of carbonyl (C=O) groups excluding carboxylic acids is 2. The molecule has 10 heteroatoms. The lowest BCUT2D eigenvalue weighted by molar-refractivity contribution is -0.119. The SMILES string of the molecule is COC(=O)c1ccc(N(CC(=O)NCc2ccc(OC)c(OC)c2)S(C)(=O)=O)cc1. The van der Waals surface area contributed by atoms with Crippen molar-refractivity contribution in [3.05, 3.63) is 53.6 Å². The fourth-order valence-corrected chi connectivity index (χ4v) is 3.52. The van der Waals surface area contributed by atoms with Crippen molar-refractivity contribution in [3.63, 3.8) is 0 Å². The standard InChI is InChI=1S/C20H24N2O7S/c1-27-17-10-5-14(11-18(17)28-2)12-21-19(23)13-22(30(4,25)26)16-8-6-15(7-9-16)20(24)29-3/h5-11H,12-13H2,1-4H3,(H,21,23). The zero-order valence-electron chi connectivity index (χ0n) is 17.2. The summed E-state index contributed by atoms with van der Waals surface area (Å²) in [7, 11) is 0.551. The second kappa shape index (κ2) is 9.97. The maximum absolute atomic E-state index is 12.4. The Bertz CT molecular complexity index is 1000. The van der Waals surface area contributed by atoms with E-state index in [0.29, 0.717) is 11.5 Å². The molecule has 0 saturated heterocycles. The van der Waals surface area contributed by atoms with Crippen LogP contribution >= 0.6 is 0 Å². The van der Waals surface area contributed by atoms with Gasteiger partial charge >= 0.3 is 5.97 Å². The van der Waals surface area contributed by atoms with Gasteiger partial charge in [0, 0.05) is 6.54 Å². The Morgan fingerprint density at radius 3 is 2.13 bits per heavy atom. The molecule has 0 radical (unpaired) electrons. The van der Waals surface area contributed by atoms with Crippen LogP contribution in [-0.4, -0.2) is 54.4 Å². The molecule has 0 aliphatic heterocycles. The fourth-order valence-electron chi connectivity index (χ4n) is 2.66. The highest BCUT2D eigenvalue weighted by molar-refractivity contribution is 7.92. The minimum Gasteiger partial charge on any atom is -0.493 e.